The van der Waals surface area contributed by atoms with Crippen LogP contribution < -0.4 is 5.32 Å². The monoisotopic (exact) mass is 694 g/mol. The Hall–Kier alpha value is -1.21. The molecule has 0 aromatic rings. The van der Waals surface area contributed by atoms with Crippen molar-refractivity contribution in [3.63, 3.8) is 0 Å². The number of nitrogens with one attached hydrogen (secondary N) is 1. The summed E-state index contributed by atoms with van der Waals surface area (Å²) in [6.45, 7) is 4.03. The quantitative estimate of drug-likeness (QED) is 0.0327. The van der Waals surface area contributed by atoms with Crippen LogP contribution in [0.2, 0.25) is 0 Å². The Morgan fingerprint density at radius 2 is 0.857 bits per heavy atom. The van der Waals surface area contributed by atoms with Crippen molar-refractivity contribution in [3.05, 3.63) is 24.3 Å². The molecule has 6 nitrogen and oxygen atoms in total. The first-order chi connectivity index (χ1) is 24.0. The van der Waals surface area contributed by atoms with E-state index in [4.69, 9.17) is 0 Å². The van der Waals surface area contributed by atoms with Gasteiger partial charge in [0.1, 0.15) is 12.2 Å². The summed E-state index contributed by atoms with van der Waals surface area (Å²) in [4.78, 5) is 12.5. The summed E-state index contributed by atoms with van der Waals surface area (Å²) in [5, 5.41) is 43.6. The zero-order chi connectivity index (χ0) is 36.0. The van der Waals surface area contributed by atoms with Crippen LogP contribution in [0.25, 0.3) is 0 Å². The van der Waals surface area contributed by atoms with Crippen LogP contribution in [0.15, 0.2) is 24.3 Å². The number of allylic oxidation sites excluding steroid dienone is 4. The Balaban J connectivity index is 3.82. The molecule has 0 radical (unpaired) electrons. The second kappa shape index (κ2) is 38.0. The van der Waals surface area contributed by atoms with Crippen molar-refractivity contribution in [2.45, 2.75) is 237 Å². The van der Waals surface area contributed by atoms with E-state index < -0.39 is 36.9 Å². The molecule has 1 amide bonds. The maximum Gasteiger partial charge on any atom is 0.249 e. The fourth-order valence-electron chi connectivity index (χ4n) is 6.48. The lowest BCUT2D eigenvalue weighted by atomic mass is 10.00. The summed E-state index contributed by atoms with van der Waals surface area (Å²) in [7, 11) is 0. The van der Waals surface area contributed by atoms with E-state index in [1.807, 2.05) is 0 Å². The first kappa shape index (κ1) is 47.8. The lowest BCUT2D eigenvalue weighted by Crippen LogP contribution is -2.53. The summed E-state index contributed by atoms with van der Waals surface area (Å²) in [5.74, 6) is -0.597. The van der Waals surface area contributed by atoms with Crippen molar-refractivity contribution in [1.82, 2.24) is 5.32 Å². The second-order valence-electron chi connectivity index (χ2n) is 14.7. The Bertz CT molecular complexity index is 742. The normalized spacial score (nSPS) is 14.5. The van der Waals surface area contributed by atoms with Gasteiger partial charge in [0, 0.05) is 0 Å². The van der Waals surface area contributed by atoms with Gasteiger partial charge in [-0.15, -0.1) is 0 Å². The van der Waals surface area contributed by atoms with Gasteiger partial charge in [0.25, 0.3) is 0 Å². The van der Waals surface area contributed by atoms with E-state index in [-0.39, 0.29) is 0 Å². The van der Waals surface area contributed by atoms with Gasteiger partial charge in [0.05, 0.1) is 18.8 Å². The smallest absolute Gasteiger partial charge is 0.249 e. The molecular weight excluding hydrogens is 610 g/mol. The molecule has 49 heavy (non-hydrogen) atoms. The van der Waals surface area contributed by atoms with Crippen LogP contribution in [0.1, 0.15) is 213 Å². The van der Waals surface area contributed by atoms with Crippen molar-refractivity contribution < 1.29 is 25.2 Å². The van der Waals surface area contributed by atoms with Crippen molar-refractivity contribution in [2.24, 2.45) is 0 Å². The van der Waals surface area contributed by atoms with Crippen LogP contribution in [0, 0.1) is 0 Å². The minimum atomic E-state index is -1.29. The van der Waals surface area contributed by atoms with Gasteiger partial charge in [-0.3, -0.25) is 4.79 Å². The van der Waals surface area contributed by atoms with Gasteiger partial charge in [-0.1, -0.05) is 186 Å². The minimum Gasteiger partial charge on any atom is -0.394 e. The molecule has 4 unspecified atom stereocenters. The molecule has 0 aromatic heterocycles. The Morgan fingerprint density at radius 3 is 1.29 bits per heavy atom. The van der Waals surface area contributed by atoms with Crippen LogP contribution in [0.3, 0.4) is 0 Å². The average Bonchev–Trinajstić information content (AvgIpc) is 3.11. The van der Waals surface area contributed by atoms with Crippen molar-refractivity contribution in [3.8, 4) is 0 Å². The van der Waals surface area contributed by atoms with E-state index in [0.717, 1.165) is 38.5 Å². The van der Waals surface area contributed by atoms with Crippen LogP contribution in [0.5, 0.6) is 0 Å². The highest BCUT2D eigenvalue weighted by molar-refractivity contribution is 5.80. The van der Waals surface area contributed by atoms with Crippen molar-refractivity contribution >= 4 is 5.91 Å². The molecule has 6 heteroatoms. The fourth-order valence-corrected chi connectivity index (χ4v) is 6.48. The molecule has 0 aliphatic carbocycles. The number of amides is 1. The third kappa shape index (κ3) is 32.4. The standard InChI is InChI=1S/C43H83NO5/c1-3-5-7-9-11-13-15-17-19-20-21-22-23-25-26-28-30-32-34-36-40(46)42(48)39(38-45)44-43(49)41(47)37-35-33-31-29-27-24-18-16-14-12-10-8-6-4-2/h22-23,28,30,39-42,45-48H,3-21,24-27,29,31-38H2,1-2H3,(H,44,49)/b23-22+,30-28+. The van der Waals surface area contributed by atoms with E-state index >= 15 is 0 Å². The summed E-state index contributed by atoms with van der Waals surface area (Å²) >= 11 is 0. The Labute approximate surface area is 304 Å². The number of rotatable bonds is 38. The van der Waals surface area contributed by atoms with Gasteiger partial charge in [-0.05, 0) is 51.4 Å². The highest BCUT2D eigenvalue weighted by Gasteiger charge is 2.28. The maximum absolute atomic E-state index is 12.5. The van der Waals surface area contributed by atoms with E-state index in [1.54, 1.807) is 0 Å². The highest BCUT2D eigenvalue weighted by Crippen LogP contribution is 2.15. The van der Waals surface area contributed by atoms with Crippen LogP contribution in [0.4, 0.5) is 0 Å². The highest BCUT2D eigenvalue weighted by atomic mass is 16.3. The molecule has 5 N–H and O–H groups in total. The first-order valence-electron chi connectivity index (χ1n) is 21.2. The molecular formula is C43H83NO5. The molecule has 290 valence electrons. The number of hydrogen-bond acceptors (Lipinski definition) is 5. The van der Waals surface area contributed by atoms with Gasteiger partial charge < -0.3 is 25.7 Å². The number of aliphatic hydroxyl groups excluding tert-OH is 4. The van der Waals surface area contributed by atoms with Gasteiger partial charge in [0.2, 0.25) is 5.91 Å². The molecule has 0 bridgehead atoms. The first-order valence-corrected chi connectivity index (χ1v) is 21.2. The molecule has 0 aliphatic rings. The Kier molecular flexibility index (Phi) is 37.1. The van der Waals surface area contributed by atoms with Gasteiger partial charge in [-0.25, -0.2) is 0 Å². The van der Waals surface area contributed by atoms with Gasteiger partial charge >= 0.3 is 0 Å². The SMILES string of the molecule is CCCCCCCCCCCC/C=C/CC/C=C/CCCC(O)C(O)C(CO)NC(=O)C(O)CCCCCCCCCCCCCCCC. The third-order valence-corrected chi connectivity index (χ3v) is 9.89. The van der Waals surface area contributed by atoms with Gasteiger partial charge in [-0.2, -0.15) is 0 Å². The van der Waals surface area contributed by atoms with Crippen LogP contribution in [-0.2, 0) is 4.79 Å². The molecule has 0 saturated heterocycles. The lowest BCUT2D eigenvalue weighted by molar-refractivity contribution is -0.132. The molecule has 0 heterocycles. The minimum absolute atomic E-state index is 0.363. The van der Waals surface area contributed by atoms with E-state index in [9.17, 15) is 25.2 Å². The van der Waals surface area contributed by atoms with E-state index in [0.29, 0.717) is 19.3 Å². The third-order valence-electron chi connectivity index (χ3n) is 9.89. The second-order valence-corrected chi connectivity index (χ2v) is 14.7. The largest absolute Gasteiger partial charge is 0.394 e. The zero-order valence-corrected chi connectivity index (χ0v) is 32.4. The maximum atomic E-state index is 12.5. The topological polar surface area (TPSA) is 110 Å². The average molecular weight is 694 g/mol. The van der Waals surface area contributed by atoms with E-state index in [1.165, 1.54) is 141 Å². The number of hydrogen-bond donors (Lipinski definition) is 5. The molecule has 0 aliphatic heterocycles. The van der Waals surface area contributed by atoms with Crippen molar-refractivity contribution in [2.75, 3.05) is 6.61 Å². The Morgan fingerprint density at radius 1 is 0.490 bits per heavy atom. The molecule has 0 aromatic carbocycles. The number of carbonyl (C=O) groups excluding carboxylic acids is 1. The zero-order valence-electron chi connectivity index (χ0n) is 32.4. The van der Waals surface area contributed by atoms with Crippen LogP contribution >= 0.6 is 0 Å². The van der Waals surface area contributed by atoms with Crippen LogP contribution in [-0.4, -0.2) is 57.3 Å². The fraction of sp³-hybridized carbons (Fsp3) is 0.884. The summed E-state index contributed by atoms with van der Waals surface area (Å²) < 4.78 is 0. The number of unbranched alkanes of at least 4 members (excludes halogenated alkanes) is 25. The predicted octanol–water partition coefficient (Wildman–Crippen LogP) is 10.8. The summed E-state index contributed by atoms with van der Waals surface area (Å²) in [5.41, 5.74) is 0. The number of carbonyl (C=O) groups is 1. The molecule has 4 atom stereocenters. The van der Waals surface area contributed by atoms with E-state index in [2.05, 4.69) is 43.5 Å². The molecule has 0 saturated carbocycles. The summed E-state index contributed by atoms with van der Waals surface area (Å²) in [6.07, 6.45) is 42.0. The summed E-state index contributed by atoms with van der Waals surface area (Å²) in [6, 6.07) is -1.00. The van der Waals surface area contributed by atoms with Gasteiger partial charge in [0.15, 0.2) is 0 Å². The molecule has 0 rings (SSSR count). The predicted molar refractivity (Wildman–Crippen MR) is 210 cm³/mol. The number of aliphatic hydroxyl groups is 4. The molecule has 0 spiro atoms. The lowest BCUT2D eigenvalue weighted by Gasteiger charge is -2.27. The van der Waals surface area contributed by atoms with Crippen molar-refractivity contribution in [1.29, 1.82) is 0 Å². The molecule has 0 fully saturated rings.